The van der Waals surface area contributed by atoms with E-state index in [-0.39, 0.29) is 18.0 Å². The second-order valence-electron chi connectivity index (χ2n) is 6.23. The molecular weight excluding hydrogens is 376 g/mol. The van der Waals surface area contributed by atoms with E-state index in [9.17, 15) is 0 Å². The number of hydrogen-bond acceptors (Lipinski definition) is 11. The Morgan fingerprint density at radius 2 is 2.00 bits per heavy atom. The van der Waals surface area contributed by atoms with Gasteiger partial charge in [0, 0.05) is 13.1 Å². The first-order valence-corrected chi connectivity index (χ1v) is 9.15. The first-order valence-electron chi connectivity index (χ1n) is 9.15. The molecule has 12 heteroatoms. The molecule has 0 radical (unpaired) electrons. The Hall–Kier alpha value is -3.83. The van der Waals surface area contributed by atoms with Crippen LogP contribution < -0.4 is 19.8 Å². The normalized spacial score (nSPS) is 14.2. The van der Waals surface area contributed by atoms with Gasteiger partial charge in [0.25, 0.3) is 5.95 Å². The van der Waals surface area contributed by atoms with Crippen LogP contribution in [0.25, 0.3) is 0 Å². The Bertz CT molecular complexity index is 957. The number of hydrogen-bond donors (Lipinski definition) is 2. The summed E-state index contributed by atoms with van der Waals surface area (Å²) in [6.07, 6.45) is 5.06. The minimum absolute atomic E-state index is 0.177. The number of rotatable bonds is 7. The zero-order chi connectivity index (χ0) is 19.9. The summed E-state index contributed by atoms with van der Waals surface area (Å²) in [6, 6.07) is 7.73. The second kappa shape index (κ2) is 8.91. The monoisotopic (exact) mass is 396 g/mol. The van der Waals surface area contributed by atoms with E-state index in [0.29, 0.717) is 11.7 Å². The van der Waals surface area contributed by atoms with Crippen LogP contribution in [0.15, 0.2) is 29.4 Å². The number of hydrazone groups is 1. The topological polar surface area (TPSA) is 139 Å². The fraction of sp³-hybridized carbons (Fsp3) is 0.353. The van der Waals surface area contributed by atoms with Gasteiger partial charge in [-0.1, -0.05) is 17.2 Å². The van der Waals surface area contributed by atoms with Gasteiger partial charge in [-0.3, -0.25) is 0 Å². The predicted octanol–water partition coefficient (Wildman–Crippen LogP) is 1.62. The van der Waals surface area contributed by atoms with Crippen molar-refractivity contribution in [1.82, 2.24) is 35.6 Å². The summed E-state index contributed by atoms with van der Waals surface area (Å²) < 4.78 is 11.1. The molecule has 0 bridgehead atoms. The summed E-state index contributed by atoms with van der Waals surface area (Å²) in [7, 11) is 1.52. The van der Waals surface area contributed by atoms with E-state index in [0.717, 1.165) is 31.5 Å². The van der Waals surface area contributed by atoms with Gasteiger partial charge in [0.2, 0.25) is 5.95 Å². The van der Waals surface area contributed by atoms with Crippen molar-refractivity contribution in [2.24, 2.45) is 5.10 Å². The molecule has 150 valence electrons. The molecule has 0 aliphatic carbocycles. The molecule has 0 atom stereocenters. The maximum absolute atomic E-state index is 5.85. The Labute approximate surface area is 166 Å². The predicted molar refractivity (Wildman–Crippen MR) is 104 cm³/mol. The molecule has 0 unspecified atom stereocenters. The van der Waals surface area contributed by atoms with Crippen molar-refractivity contribution in [2.45, 2.75) is 19.3 Å². The Balaban J connectivity index is 1.48. The lowest BCUT2D eigenvalue weighted by molar-refractivity contribution is 0.358. The van der Waals surface area contributed by atoms with Crippen molar-refractivity contribution in [3.8, 4) is 17.8 Å². The van der Waals surface area contributed by atoms with Crippen LogP contribution in [0.5, 0.6) is 17.8 Å². The molecule has 1 fully saturated rings. The SMILES string of the molecule is COc1nc(Oc2cccc(/C=N/Nc3nn[nH]n3)c2)nc(N2CCCCC2)n1. The number of anilines is 2. The summed E-state index contributed by atoms with van der Waals surface area (Å²) in [5, 5.41) is 17.3. The molecule has 4 rings (SSSR count). The smallest absolute Gasteiger partial charge is 0.330 e. The molecule has 0 saturated carbocycles. The second-order valence-corrected chi connectivity index (χ2v) is 6.23. The minimum Gasteiger partial charge on any atom is -0.467 e. The lowest BCUT2D eigenvalue weighted by atomic mass is 10.1. The van der Waals surface area contributed by atoms with Gasteiger partial charge in [-0.2, -0.15) is 20.3 Å². The first kappa shape index (κ1) is 18.5. The Morgan fingerprint density at radius 1 is 1.14 bits per heavy atom. The van der Waals surface area contributed by atoms with Gasteiger partial charge < -0.3 is 14.4 Å². The molecule has 3 heterocycles. The lowest BCUT2D eigenvalue weighted by Gasteiger charge is -2.26. The number of benzene rings is 1. The summed E-state index contributed by atoms with van der Waals surface area (Å²) in [4.78, 5) is 15.1. The van der Waals surface area contributed by atoms with Crippen molar-refractivity contribution in [1.29, 1.82) is 0 Å². The van der Waals surface area contributed by atoms with Gasteiger partial charge in [-0.05, 0) is 42.2 Å². The van der Waals surface area contributed by atoms with Gasteiger partial charge in [0.15, 0.2) is 0 Å². The largest absolute Gasteiger partial charge is 0.467 e. The van der Waals surface area contributed by atoms with Crippen LogP contribution in [0.2, 0.25) is 0 Å². The van der Waals surface area contributed by atoms with Crippen molar-refractivity contribution in [2.75, 3.05) is 30.5 Å². The highest BCUT2D eigenvalue weighted by Crippen LogP contribution is 2.24. The lowest BCUT2D eigenvalue weighted by Crippen LogP contribution is -2.31. The first-order chi connectivity index (χ1) is 14.3. The molecule has 2 aromatic heterocycles. The van der Waals surface area contributed by atoms with Crippen LogP contribution in [0.4, 0.5) is 11.9 Å². The van der Waals surface area contributed by atoms with Crippen molar-refractivity contribution < 1.29 is 9.47 Å². The average molecular weight is 396 g/mol. The van der Waals surface area contributed by atoms with E-state index in [2.05, 4.69) is 51.0 Å². The summed E-state index contributed by atoms with van der Waals surface area (Å²) >= 11 is 0. The van der Waals surface area contributed by atoms with Gasteiger partial charge in [-0.25, -0.2) is 5.43 Å². The molecule has 0 spiro atoms. The quantitative estimate of drug-likeness (QED) is 0.447. The number of H-pyrrole nitrogens is 1. The fourth-order valence-corrected chi connectivity index (χ4v) is 2.84. The van der Waals surface area contributed by atoms with E-state index in [1.807, 2.05) is 12.1 Å². The molecule has 3 aromatic rings. The number of ether oxygens (including phenoxy) is 2. The van der Waals surface area contributed by atoms with Crippen LogP contribution in [0.1, 0.15) is 24.8 Å². The molecule has 12 nitrogen and oxygen atoms in total. The zero-order valence-electron chi connectivity index (χ0n) is 15.8. The minimum atomic E-state index is 0.177. The fourth-order valence-electron chi connectivity index (χ4n) is 2.84. The number of aromatic amines is 1. The van der Waals surface area contributed by atoms with Crippen molar-refractivity contribution in [3.63, 3.8) is 0 Å². The van der Waals surface area contributed by atoms with Crippen LogP contribution in [0, 0.1) is 0 Å². The highest BCUT2D eigenvalue weighted by Gasteiger charge is 2.17. The van der Waals surface area contributed by atoms with E-state index in [1.165, 1.54) is 13.5 Å². The standard InChI is InChI=1S/C17H20N10O2/c1-28-16-19-15(27-8-3-2-4-9-27)20-17(21-16)29-13-7-5-6-12(10-13)11-18-22-14-23-25-26-24-14/h5-7,10-11H,2-4,8-9H2,1H3,(H2,22,23,24,25,26)/b18-11+. The van der Waals surface area contributed by atoms with Crippen molar-refractivity contribution >= 4 is 18.1 Å². The van der Waals surface area contributed by atoms with Crippen LogP contribution in [-0.2, 0) is 0 Å². The number of nitrogens with zero attached hydrogens (tertiary/aromatic N) is 8. The number of methoxy groups -OCH3 is 1. The molecule has 1 aromatic carbocycles. The highest BCUT2D eigenvalue weighted by molar-refractivity contribution is 5.80. The van der Waals surface area contributed by atoms with E-state index in [4.69, 9.17) is 9.47 Å². The molecule has 0 amide bonds. The third-order valence-electron chi connectivity index (χ3n) is 4.19. The number of piperidine rings is 1. The van der Waals surface area contributed by atoms with E-state index in [1.54, 1.807) is 18.3 Å². The number of aromatic nitrogens is 7. The molecular formula is C17H20N10O2. The summed E-state index contributed by atoms with van der Waals surface area (Å²) in [6.45, 7) is 1.82. The molecule has 2 N–H and O–H groups in total. The maximum Gasteiger partial charge on any atom is 0.330 e. The summed E-state index contributed by atoms with van der Waals surface area (Å²) in [5.74, 6) is 1.40. The van der Waals surface area contributed by atoms with E-state index < -0.39 is 0 Å². The molecule has 1 aliphatic heterocycles. The third-order valence-corrected chi connectivity index (χ3v) is 4.19. The summed E-state index contributed by atoms with van der Waals surface area (Å²) in [5.41, 5.74) is 3.46. The molecule has 1 saturated heterocycles. The van der Waals surface area contributed by atoms with Crippen LogP contribution in [-0.4, -0.2) is 62.0 Å². The Morgan fingerprint density at radius 3 is 2.79 bits per heavy atom. The zero-order valence-corrected chi connectivity index (χ0v) is 15.8. The third kappa shape index (κ3) is 4.91. The van der Waals surface area contributed by atoms with E-state index >= 15 is 0 Å². The molecule has 29 heavy (non-hydrogen) atoms. The van der Waals surface area contributed by atoms with Gasteiger partial charge in [0.05, 0.1) is 13.3 Å². The molecule has 1 aliphatic rings. The van der Waals surface area contributed by atoms with Crippen LogP contribution >= 0.6 is 0 Å². The van der Waals surface area contributed by atoms with Gasteiger partial charge >= 0.3 is 12.0 Å². The Kier molecular flexibility index (Phi) is 5.69. The highest BCUT2D eigenvalue weighted by atomic mass is 16.5. The number of nitrogens with one attached hydrogen (secondary N) is 2. The van der Waals surface area contributed by atoms with Crippen LogP contribution in [0.3, 0.4) is 0 Å². The maximum atomic E-state index is 5.85. The van der Waals surface area contributed by atoms with Crippen molar-refractivity contribution in [3.05, 3.63) is 29.8 Å². The van der Waals surface area contributed by atoms with Gasteiger partial charge in [-0.15, -0.1) is 10.1 Å². The number of tetrazole rings is 1. The van der Waals surface area contributed by atoms with Gasteiger partial charge in [0.1, 0.15) is 5.75 Å². The average Bonchev–Trinajstić information content (AvgIpc) is 3.28.